The Balaban J connectivity index is 2.03. The van der Waals surface area contributed by atoms with E-state index in [4.69, 9.17) is 33.9 Å². The first-order valence-electron chi connectivity index (χ1n) is 8.77. The molecule has 0 amide bonds. The molecule has 0 saturated carbocycles. The lowest BCUT2D eigenvalue weighted by atomic mass is 10.1. The molecule has 0 aliphatic heterocycles. The molecule has 4 aromatic rings. The lowest BCUT2D eigenvalue weighted by molar-refractivity contribution is 0.885. The molecule has 0 unspecified atom stereocenters. The third-order valence-electron chi connectivity index (χ3n) is 4.57. The Morgan fingerprint density at radius 2 is 1.75 bits per heavy atom. The average Bonchev–Trinajstić information content (AvgIpc) is 3.04. The Kier molecular flexibility index (Phi) is 4.83. The van der Waals surface area contributed by atoms with Crippen molar-refractivity contribution in [1.82, 2.24) is 19.7 Å². The SMILES string of the molecule is CCN(C)c1nc(-c2ccc(Cl)cc2)c2c(N)n(-c3ccccc3Cl)nc2n1. The van der Waals surface area contributed by atoms with Crippen LogP contribution >= 0.6 is 23.2 Å². The highest BCUT2D eigenvalue weighted by Gasteiger charge is 2.21. The number of nitrogen functional groups attached to an aromatic ring is 1. The fraction of sp³-hybridized carbons (Fsp3) is 0.150. The molecule has 28 heavy (non-hydrogen) atoms. The number of para-hydroxylation sites is 1. The Hall–Kier alpha value is -2.83. The van der Waals surface area contributed by atoms with Crippen LogP contribution in [-0.4, -0.2) is 33.3 Å². The Morgan fingerprint density at radius 1 is 1.04 bits per heavy atom. The number of halogens is 2. The largest absolute Gasteiger partial charge is 0.383 e. The van der Waals surface area contributed by atoms with Gasteiger partial charge in [-0.15, -0.1) is 5.10 Å². The Morgan fingerprint density at radius 3 is 2.43 bits per heavy atom. The third-order valence-corrected chi connectivity index (χ3v) is 5.14. The van der Waals surface area contributed by atoms with Crippen LogP contribution in [0.5, 0.6) is 0 Å². The summed E-state index contributed by atoms with van der Waals surface area (Å²) < 4.78 is 1.61. The summed E-state index contributed by atoms with van der Waals surface area (Å²) in [7, 11) is 1.93. The smallest absolute Gasteiger partial charge is 0.227 e. The summed E-state index contributed by atoms with van der Waals surface area (Å²) in [5.41, 5.74) is 9.27. The maximum atomic E-state index is 6.49. The Bertz CT molecular complexity index is 1150. The molecule has 0 spiro atoms. The van der Waals surface area contributed by atoms with Crippen molar-refractivity contribution >= 4 is 46.0 Å². The molecule has 4 rings (SSSR count). The minimum atomic E-state index is 0.429. The molecule has 0 radical (unpaired) electrons. The van der Waals surface area contributed by atoms with Crippen LogP contribution in [0.1, 0.15) is 6.92 Å². The van der Waals surface area contributed by atoms with Gasteiger partial charge in [-0.25, -0.2) is 9.67 Å². The number of hydrogen-bond acceptors (Lipinski definition) is 5. The molecule has 2 aromatic carbocycles. The van der Waals surface area contributed by atoms with Gasteiger partial charge in [0.15, 0.2) is 5.65 Å². The molecule has 0 fully saturated rings. The monoisotopic (exact) mass is 412 g/mol. The molecule has 0 bridgehead atoms. The van der Waals surface area contributed by atoms with Crippen LogP contribution in [0.3, 0.4) is 0 Å². The van der Waals surface area contributed by atoms with E-state index in [0.29, 0.717) is 44.2 Å². The summed E-state index contributed by atoms with van der Waals surface area (Å²) in [6.45, 7) is 2.79. The van der Waals surface area contributed by atoms with Crippen molar-refractivity contribution < 1.29 is 0 Å². The van der Waals surface area contributed by atoms with Gasteiger partial charge in [-0.2, -0.15) is 4.98 Å². The first kappa shape index (κ1) is 18.5. The van der Waals surface area contributed by atoms with Crippen LogP contribution in [0.2, 0.25) is 10.0 Å². The van der Waals surface area contributed by atoms with Gasteiger partial charge in [0.05, 0.1) is 21.8 Å². The summed E-state index contributed by atoms with van der Waals surface area (Å²) in [6, 6.07) is 14.9. The van der Waals surface area contributed by atoms with E-state index < -0.39 is 0 Å². The van der Waals surface area contributed by atoms with E-state index in [2.05, 4.69) is 10.1 Å². The van der Waals surface area contributed by atoms with Crippen LogP contribution in [0.25, 0.3) is 28.0 Å². The average molecular weight is 413 g/mol. The van der Waals surface area contributed by atoms with Crippen molar-refractivity contribution in [2.24, 2.45) is 0 Å². The van der Waals surface area contributed by atoms with E-state index in [-0.39, 0.29) is 0 Å². The second-order valence-corrected chi connectivity index (χ2v) is 7.18. The fourth-order valence-corrected chi connectivity index (χ4v) is 3.28. The van der Waals surface area contributed by atoms with Crippen LogP contribution in [0.15, 0.2) is 48.5 Å². The van der Waals surface area contributed by atoms with Crippen LogP contribution in [0.4, 0.5) is 11.8 Å². The number of fused-ring (bicyclic) bond motifs is 1. The van der Waals surface area contributed by atoms with Gasteiger partial charge in [0, 0.05) is 24.2 Å². The molecule has 2 heterocycles. The van der Waals surface area contributed by atoms with Crippen LogP contribution < -0.4 is 10.6 Å². The van der Waals surface area contributed by atoms with Gasteiger partial charge in [0.1, 0.15) is 5.82 Å². The molecular weight excluding hydrogens is 395 g/mol. The van der Waals surface area contributed by atoms with E-state index in [1.54, 1.807) is 10.7 Å². The van der Waals surface area contributed by atoms with Crippen molar-refractivity contribution in [2.75, 3.05) is 24.2 Å². The molecule has 2 aromatic heterocycles. The Labute approximate surface area is 172 Å². The van der Waals surface area contributed by atoms with Crippen LogP contribution in [-0.2, 0) is 0 Å². The zero-order valence-electron chi connectivity index (χ0n) is 15.4. The second-order valence-electron chi connectivity index (χ2n) is 6.34. The standard InChI is InChI=1S/C20H18Cl2N6/c1-3-27(2)20-24-17(12-8-10-13(21)11-9-12)16-18(23)28(26-19(16)25-20)15-7-5-4-6-14(15)22/h4-11H,3,23H2,1-2H3. The third kappa shape index (κ3) is 3.15. The number of nitrogens with zero attached hydrogens (tertiary/aromatic N) is 5. The van der Waals surface area contributed by atoms with Crippen molar-refractivity contribution in [1.29, 1.82) is 0 Å². The summed E-state index contributed by atoms with van der Waals surface area (Å²) in [6.07, 6.45) is 0. The van der Waals surface area contributed by atoms with Gasteiger partial charge >= 0.3 is 0 Å². The number of anilines is 2. The minimum absolute atomic E-state index is 0.429. The van der Waals surface area contributed by atoms with Gasteiger partial charge < -0.3 is 10.6 Å². The van der Waals surface area contributed by atoms with Gasteiger partial charge in [-0.1, -0.05) is 47.5 Å². The summed E-state index contributed by atoms with van der Waals surface area (Å²) >= 11 is 12.4. The molecule has 142 valence electrons. The first-order chi connectivity index (χ1) is 13.5. The maximum absolute atomic E-state index is 6.49. The lowest BCUT2D eigenvalue weighted by Gasteiger charge is -2.15. The molecule has 0 saturated heterocycles. The predicted molar refractivity (Wildman–Crippen MR) is 115 cm³/mol. The highest BCUT2D eigenvalue weighted by molar-refractivity contribution is 6.32. The molecule has 6 nitrogen and oxygen atoms in total. The van der Waals surface area contributed by atoms with Gasteiger partial charge in [0.2, 0.25) is 5.95 Å². The van der Waals surface area contributed by atoms with E-state index in [0.717, 1.165) is 12.1 Å². The van der Waals surface area contributed by atoms with E-state index in [1.165, 1.54) is 0 Å². The molecule has 8 heteroatoms. The van der Waals surface area contributed by atoms with Crippen molar-refractivity contribution in [3.8, 4) is 16.9 Å². The van der Waals surface area contributed by atoms with Gasteiger partial charge in [-0.05, 0) is 31.2 Å². The number of rotatable bonds is 4. The van der Waals surface area contributed by atoms with E-state index in [1.807, 2.05) is 61.3 Å². The second kappa shape index (κ2) is 7.30. The lowest BCUT2D eigenvalue weighted by Crippen LogP contribution is -2.19. The first-order valence-corrected chi connectivity index (χ1v) is 9.53. The zero-order chi connectivity index (χ0) is 19.8. The van der Waals surface area contributed by atoms with Gasteiger partial charge in [0.25, 0.3) is 0 Å². The zero-order valence-corrected chi connectivity index (χ0v) is 16.9. The fourth-order valence-electron chi connectivity index (χ4n) is 2.94. The summed E-state index contributed by atoms with van der Waals surface area (Å²) in [5.74, 6) is 1.00. The normalized spacial score (nSPS) is 11.1. The number of nitrogens with two attached hydrogens (primary N) is 1. The molecular formula is C20H18Cl2N6. The summed E-state index contributed by atoms with van der Waals surface area (Å²) in [4.78, 5) is 11.3. The summed E-state index contributed by atoms with van der Waals surface area (Å²) in [5, 5.41) is 6.51. The number of benzene rings is 2. The quantitative estimate of drug-likeness (QED) is 0.519. The number of aromatic nitrogens is 4. The minimum Gasteiger partial charge on any atom is -0.383 e. The van der Waals surface area contributed by atoms with Crippen molar-refractivity contribution in [3.05, 3.63) is 58.6 Å². The van der Waals surface area contributed by atoms with E-state index in [9.17, 15) is 0 Å². The number of hydrogen-bond donors (Lipinski definition) is 1. The topological polar surface area (TPSA) is 72.9 Å². The molecule has 0 atom stereocenters. The van der Waals surface area contributed by atoms with Crippen molar-refractivity contribution in [3.63, 3.8) is 0 Å². The van der Waals surface area contributed by atoms with Crippen molar-refractivity contribution in [2.45, 2.75) is 6.92 Å². The predicted octanol–water partition coefficient (Wildman–Crippen LogP) is 4.83. The highest BCUT2D eigenvalue weighted by atomic mass is 35.5. The molecule has 0 aliphatic carbocycles. The highest BCUT2D eigenvalue weighted by Crippen LogP contribution is 2.34. The van der Waals surface area contributed by atoms with Crippen LogP contribution in [0, 0.1) is 0 Å². The molecule has 0 aliphatic rings. The van der Waals surface area contributed by atoms with E-state index >= 15 is 0 Å². The van der Waals surface area contributed by atoms with Gasteiger partial charge in [-0.3, -0.25) is 0 Å². The maximum Gasteiger partial charge on any atom is 0.227 e. The molecule has 2 N–H and O–H groups in total.